The largest absolute Gasteiger partial charge is 0.478 e. The number of carbonyl (C=O) groups is 1. The van der Waals surface area contributed by atoms with Crippen LogP contribution in [0.25, 0.3) is 11.1 Å². The third kappa shape index (κ3) is 7.65. The number of alkyl halides is 3. The predicted octanol–water partition coefficient (Wildman–Crippen LogP) is 5.14. The summed E-state index contributed by atoms with van der Waals surface area (Å²) in [5.74, 6) is 2.04. The molecule has 204 valence electrons. The number of aromatic carboxylic acids is 1. The second kappa shape index (κ2) is 12.7. The average molecular weight is 540 g/mol. The van der Waals surface area contributed by atoms with Crippen molar-refractivity contribution in [1.29, 1.82) is 0 Å². The average Bonchev–Trinajstić information content (AvgIpc) is 2.85. The lowest BCUT2D eigenvalue weighted by atomic mass is 9.95. The van der Waals surface area contributed by atoms with Crippen molar-refractivity contribution in [2.24, 2.45) is 26.8 Å². The molecule has 0 radical (unpaired) electrons. The van der Waals surface area contributed by atoms with Crippen LogP contribution in [0.4, 0.5) is 27.6 Å². The molecule has 0 saturated carbocycles. The molecular formula is C25H26F5N5O3. The summed E-state index contributed by atoms with van der Waals surface area (Å²) in [6.45, 7) is 4.10. The maximum Gasteiger partial charge on any atom is 0.390 e. The Morgan fingerprint density at radius 3 is 2.50 bits per heavy atom. The number of carboxylic acid groups (broad SMARTS) is 1. The van der Waals surface area contributed by atoms with Crippen LogP contribution in [0, 0.1) is 17.6 Å². The molecule has 0 bridgehead atoms. The first-order valence-electron chi connectivity index (χ1n) is 11.6. The Kier molecular flexibility index (Phi) is 9.64. The third-order valence-corrected chi connectivity index (χ3v) is 6.05. The fourth-order valence-corrected chi connectivity index (χ4v) is 4.24. The molecule has 0 atom stereocenters. The molecule has 8 nitrogen and oxygen atoms in total. The van der Waals surface area contributed by atoms with Gasteiger partial charge in [-0.05, 0) is 68.0 Å². The lowest BCUT2D eigenvalue weighted by molar-refractivity contribution is -0.132. The summed E-state index contributed by atoms with van der Waals surface area (Å²) in [7, 11) is 0. The van der Waals surface area contributed by atoms with E-state index in [1.54, 1.807) is 0 Å². The van der Waals surface area contributed by atoms with Crippen molar-refractivity contribution in [3.8, 4) is 11.1 Å². The summed E-state index contributed by atoms with van der Waals surface area (Å²) in [6.07, 6.45) is -3.25. The molecule has 1 aliphatic rings. The summed E-state index contributed by atoms with van der Waals surface area (Å²) in [5, 5.41) is 9.10. The van der Waals surface area contributed by atoms with Crippen LogP contribution in [-0.4, -0.2) is 60.7 Å². The van der Waals surface area contributed by atoms with Gasteiger partial charge in [0.05, 0.1) is 24.2 Å². The quantitative estimate of drug-likeness (QED) is 0.198. The fraction of sp³-hybridized carbons (Fsp3) is 0.360. The number of benzene rings is 2. The van der Waals surface area contributed by atoms with Crippen molar-refractivity contribution in [1.82, 2.24) is 4.90 Å². The molecule has 13 heteroatoms. The molecule has 2 aromatic carbocycles. The molecular weight excluding hydrogens is 513 g/mol. The topological polar surface area (TPSA) is 113 Å². The first kappa shape index (κ1) is 28.9. The van der Waals surface area contributed by atoms with Crippen LogP contribution in [0.3, 0.4) is 0 Å². The maximum absolute atomic E-state index is 14.7. The SMILES string of the molecule is C=NC=Nc1c(CN2CCC(C(=NCCC(F)(F)F)ON)CC2)cc(F)cc1-c1ccc(C(=O)O)c(F)c1. The number of nitrogens with two attached hydrogens (primary N) is 1. The minimum absolute atomic E-state index is 0.0659. The van der Waals surface area contributed by atoms with Crippen molar-refractivity contribution in [3.63, 3.8) is 0 Å². The number of hydrogen-bond acceptors (Lipinski definition) is 6. The second-order valence-electron chi connectivity index (χ2n) is 8.64. The van der Waals surface area contributed by atoms with E-state index >= 15 is 0 Å². The molecule has 1 aliphatic heterocycles. The Labute approximate surface area is 215 Å². The van der Waals surface area contributed by atoms with Gasteiger partial charge in [0.2, 0.25) is 5.90 Å². The van der Waals surface area contributed by atoms with Gasteiger partial charge < -0.3 is 9.94 Å². The van der Waals surface area contributed by atoms with Crippen LogP contribution < -0.4 is 5.90 Å². The van der Waals surface area contributed by atoms with Crippen molar-refractivity contribution >= 4 is 30.6 Å². The molecule has 1 fully saturated rings. The zero-order chi connectivity index (χ0) is 27.9. The van der Waals surface area contributed by atoms with Crippen LogP contribution >= 0.6 is 0 Å². The first-order chi connectivity index (χ1) is 18.0. The van der Waals surface area contributed by atoms with Crippen LogP contribution in [-0.2, 0) is 11.4 Å². The molecule has 2 aromatic rings. The van der Waals surface area contributed by atoms with E-state index in [0.29, 0.717) is 37.2 Å². The Morgan fingerprint density at radius 1 is 1.21 bits per heavy atom. The molecule has 38 heavy (non-hydrogen) atoms. The van der Waals surface area contributed by atoms with Crippen molar-refractivity contribution in [3.05, 3.63) is 53.1 Å². The highest BCUT2D eigenvalue weighted by Gasteiger charge is 2.28. The van der Waals surface area contributed by atoms with Gasteiger partial charge in [-0.3, -0.25) is 14.9 Å². The van der Waals surface area contributed by atoms with Gasteiger partial charge in [-0.2, -0.15) is 19.1 Å². The number of aliphatic imine (C=N–C) groups is 3. The monoisotopic (exact) mass is 539 g/mol. The van der Waals surface area contributed by atoms with Crippen molar-refractivity contribution in [2.75, 3.05) is 19.6 Å². The van der Waals surface area contributed by atoms with Gasteiger partial charge in [0.15, 0.2) is 0 Å². The summed E-state index contributed by atoms with van der Waals surface area (Å²) >= 11 is 0. The van der Waals surface area contributed by atoms with Gasteiger partial charge >= 0.3 is 12.1 Å². The van der Waals surface area contributed by atoms with Gasteiger partial charge in [-0.1, -0.05) is 6.07 Å². The highest BCUT2D eigenvalue weighted by Crippen LogP contribution is 2.36. The van der Waals surface area contributed by atoms with E-state index in [1.807, 2.05) is 4.90 Å². The molecule has 0 amide bonds. The molecule has 0 unspecified atom stereocenters. The summed E-state index contributed by atoms with van der Waals surface area (Å²) in [5.41, 5.74) is 0.719. The van der Waals surface area contributed by atoms with E-state index < -0.39 is 42.3 Å². The molecule has 0 aromatic heterocycles. The predicted molar refractivity (Wildman–Crippen MR) is 133 cm³/mol. The Morgan fingerprint density at radius 2 is 1.92 bits per heavy atom. The fourth-order valence-electron chi connectivity index (χ4n) is 4.24. The molecule has 3 N–H and O–H groups in total. The van der Waals surface area contributed by atoms with E-state index in [-0.39, 0.29) is 29.5 Å². The lowest BCUT2D eigenvalue weighted by Gasteiger charge is -2.32. The first-order valence-corrected chi connectivity index (χ1v) is 11.6. The summed E-state index contributed by atoms with van der Waals surface area (Å²) < 4.78 is 66.3. The number of hydrogen-bond donors (Lipinski definition) is 2. The van der Waals surface area contributed by atoms with E-state index in [2.05, 4.69) is 21.7 Å². The molecule has 0 aliphatic carbocycles. The van der Waals surface area contributed by atoms with Crippen LogP contribution in [0.5, 0.6) is 0 Å². The van der Waals surface area contributed by atoms with E-state index in [0.717, 1.165) is 18.5 Å². The number of carboxylic acids is 1. The Bertz CT molecular complexity index is 1220. The zero-order valence-electron chi connectivity index (χ0n) is 20.2. The second-order valence-corrected chi connectivity index (χ2v) is 8.64. The third-order valence-electron chi connectivity index (χ3n) is 6.05. The molecule has 1 saturated heterocycles. The number of rotatable bonds is 9. The van der Waals surface area contributed by atoms with Crippen molar-refractivity contribution < 1.29 is 36.7 Å². The zero-order valence-corrected chi connectivity index (χ0v) is 20.2. The standard InChI is InChI=1S/C25H26F5N5O3/c1-32-14-34-22-17(10-18(26)12-20(22)16-2-3-19(24(36)37)21(27)11-16)13-35-8-4-15(5-9-35)23(38-31)33-7-6-25(28,29)30/h2-3,10-12,14-15H,1,4-9,13,31H2,(H,36,37). The van der Waals surface area contributed by atoms with Gasteiger partial charge in [0.25, 0.3) is 0 Å². The van der Waals surface area contributed by atoms with Crippen LogP contribution in [0.1, 0.15) is 35.2 Å². The van der Waals surface area contributed by atoms with E-state index in [1.165, 1.54) is 18.2 Å². The number of halogens is 5. The minimum atomic E-state index is -4.33. The van der Waals surface area contributed by atoms with E-state index in [9.17, 15) is 26.7 Å². The molecule has 0 spiro atoms. The lowest BCUT2D eigenvalue weighted by Crippen LogP contribution is -2.37. The molecule has 3 rings (SSSR count). The van der Waals surface area contributed by atoms with E-state index in [4.69, 9.17) is 15.8 Å². The number of piperidine rings is 1. The van der Waals surface area contributed by atoms with Gasteiger partial charge in [0, 0.05) is 18.0 Å². The Hall–Kier alpha value is -3.71. The highest BCUT2D eigenvalue weighted by molar-refractivity contribution is 5.89. The summed E-state index contributed by atoms with van der Waals surface area (Å²) in [6, 6.07) is 5.92. The highest BCUT2D eigenvalue weighted by atomic mass is 19.4. The summed E-state index contributed by atoms with van der Waals surface area (Å²) in [4.78, 5) is 29.6. The molecule has 1 heterocycles. The normalized spacial score (nSPS) is 15.7. The number of nitrogens with zero attached hydrogens (tertiary/aromatic N) is 4. The number of likely N-dealkylation sites (tertiary alicyclic amines) is 1. The maximum atomic E-state index is 14.7. The van der Waals surface area contributed by atoms with Gasteiger partial charge in [0.1, 0.15) is 18.0 Å². The van der Waals surface area contributed by atoms with Gasteiger partial charge in [-0.25, -0.2) is 18.6 Å². The van der Waals surface area contributed by atoms with Crippen LogP contribution in [0.2, 0.25) is 0 Å². The Balaban J connectivity index is 1.82. The van der Waals surface area contributed by atoms with Crippen molar-refractivity contribution in [2.45, 2.75) is 32.0 Å². The smallest absolute Gasteiger partial charge is 0.390 e. The van der Waals surface area contributed by atoms with Crippen LogP contribution in [0.15, 0.2) is 45.3 Å². The minimum Gasteiger partial charge on any atom is -0.478 e. The van der Waals surface area contributed by atoms with Gasteiger partial charge in [-0.15, -0.1) is 0 Å².